The fourth-order valence-electron chi connectivity index (χ4n) is 3.74. The van der Waals surface area contributed by atoms with Gasteiger partial charge in [-0.3, -0.25) is 9.78 Å². The monoisotopic (exact) mass is 492 g/mol. The number of nitrogens with zero attached hydrogens (tertiary/aromatic N) is 3. The summed E-state index contributed by atoms with van der Waals surface area (Å²) in [5, 5.41) is 2.69. The fourth-order valence-corrected chi connectivity index (χ4v) is 3.74. The number of H-pyrrole nitrogens is 1. The van der Waals surface area contributed by atoms with Crippen molar-refractivity contribution in [1.82, 2.24) is 25.2 Å². The summed E-state index contributed by atoms with van der Waals surface area (Å²) in [7, 11) is 3.99. The number of ether oxygens (including phenoxy) is 1. The zero-order chi connectivity index (χ0) is 25.8. The summed E-state index contributed by atoms with van der Waals surface area (Å²) < 4.78 is 43.9. The molecule has 0 aliphatic heterocycles. The van der Waals surface area contributed by atoms with Crippen molar-refractivity contribution in [3.8, 4) is 16.9 Å². The molecule has 0 spiro atoms. The standard InChI is InChI=1S/C24H31F3N6O2/c1-15(2)24(28,22(34)32-14-23(25,26)27)17-8-16(10-29-11-17)20-13-31-21-19(20)9-18(12-30-21)35-7-5-6-33(3)4/h8-13,15H,5-7,14,28H2,1-4H3,(H,30,31)(H,32,34). The molecule has 0 fully saturated rings. The lowest BCUT2D eigenvalue weighted by Crippen LogP contribution is -2.56. The number of nitrogens with two attached hydrogens (primary N) is 1. The van der Waals surface area contributed by atoms with Crippen molar-refractivity contribution in [2.24, 2.45) is 11.7 Å². The first kappa shape index (κ1) is 26.4. The van der Waals surface area contributed by atoms with Crippen LogP contribution < -0.4 is 15.8 Å². The fraction of sp³-hybridized carbons (Fsp3) is 0.458. The highest BCUT2D eigenvalue weighted by molar-refractivity contribution is 5.95. The number of fused-ring (bicyclic) bond motifs is 1. The molecule has 3 aromatic heterocycles. The lowest BCUT2D eigenvalue weighted by Gasteiger charge is -2.32. The highest BCUT2D eigenvalue weighted by atomic mass is 19.4. The summed E-state index contributed by atoms with van der Waals surface area (Å²) in [6.07, 6.45) is 2.72. The van der Waals surface area contributed by atoms with Crippen LogP contribution in [0.3, 0.4) is 0 Å². The number of amides is 1. The van der Waals surface area contributed by atoms with E-state index in [4.69, 9.17) is 10.5 Å². The number of carbonyl (C=O) groups excluding carboxylic acids is 1. The third-order valence-electron chi connectivity index (χ3n) is 5.79. The zero-order valence-electron chi connectivity index (χ0n) is 20.2. The molecule has 1 amide bonds. The predicted molar refractivity (Wildman–Crippen MR) is 128 cm³/mol. The van der Waals surface area contributed by atoms with E-state index in [1.807, 2.05) is 25.5 Å². The molecule has 1 unspecified atom stereocenters. The van der Waals surface area contributed by atoms with Crippen LogP contribution in [0, 0.1) is 5.92 Å². The Morgan fingerprint density at radius 3 is 2.63 bits per heavy atom. The second kappa shape index (κ2) is 10.6. The molecule has 0 radical (unpaired) electrons. The average molecular weight is 493 g/mol. The van der Waals surface area contributed by atoms with Gasteiger partial charge in [0.15, 0.2) is 0 Å². The van der Waals surface area contributed by atoms with Crippen LogP contribution in [0.5, 0.6) is 5.75 Å². The number of rotatable bonds is 10. The Morgan fingerprint density at radius 2 is 1.97 bits per heavy atom. The number of nitrogens with one attached hydrogen (secondary N) is 2. The van der Waals surface area contributed by atoms with E-state index in [1.165, 1.54) is 6.20 Å². The van der Waals surface area contributed by atoms with Gasteiger partial charge < -0.3 is 25.7 Å². The number of alkyl halides is 3. The molecule has 0 saturated heterocycles. The first-order chi connectivity index (χ1) is 16.4. The predicted octanol–water partition coefficient (Wildman–Crippen LogP) is 3.44. The quantitative estimate of drug-likeness (QED) is 0.374. The van der Waals surface area contributed by atoms with Gasteiger partial charge in [0, 0.05) is 47.2 Å². The zero-order valence-corrected chi connectivity index (χ0v) is 20.2. The Bertz CT molecular complexity index is 1160. The van der Waals surface area contributed by atoms with Crippen LogP contribution in [0.4, 0.5) is 13.2 Å². The van der Waals surface area contributed by atoms with Gasteiger partial charge in [-0.2, -0.15) is 13.2 Å². The second-order valence-electron chi connectivity index (χ2n) is 9.06. The van der Waals surface area contributed by atoms with E-state index < -0.39 is 30.1 Å². The molecule has 8 nitrogen and oxygen atoms in total. The Kier molecular flexibility index (Phi) is 8.01. The molecule has 0 aliphatic rings. The minimum Gasteiger partial charge on any atom is -0.492 e. The van der Waals surface area contributed by atoms with Gasteiger partial charge >= 0.3 is 6.18 Å². The van der Waals surface area contributed by atoms with Crippen LogP contribution in [-0.2, 0) is 10.3 Å². The minimum absolute atomic E-state index is 0.308. The molecule has 3 rings (SSSR count). The van der Waals surface area contributed by atoms with Crippen LogP contribution in [0.25, 0.3) is 22.2 Å². The SMILES string of the molecule is CC(C)C(N)(C(=O)NCC(F)(F)F)c1cncc(-c2c[nH]c3ncc(OCCCN(C)C)cc23)c1. The van der Waals surface area contributed by atoms with E-state index in [1.54, 1.807) is 38.5 Å². The van der Waals surface area contributed by atoms with E-state index in [-0.39, 0.29) is 0 Å². The van der Waals surface area contributed by atoms with Gasteiger partial charge in [0.2, 0.25) is 5.91 Å². The van der Waals surface area contributed by atoms with Crippen molar-refractivity contribution in [3.63, 3.8) is 0 Å². The molecule has 11 heteroatoms. The van der Waals surface area contributed by atoms with Crippen molar-refractivity contribution < 1.29 is 22.7 Å². The number of aromatic amines is 1. The number of hydrogen-bond acceptors (Lipinski definition) is 6. The molecular formula is C24H31F3N6O2. The van der Waals surface area contributed by atoms with Crippen molar-refractivity contribution in [2.75, 3.05) is 33.8 Å². The van der Waals surface area contributed by atoms with Gasteiger partial charge in [0.25, 0.3) is 0 Å². The number of halogens is 3. The summed E-state index contributed by atoms with van der Waals surface area (Å²) in [4.78, 5) is 26.6. The molecular weight excluding hydrogens is 461 g/mol. The number of pyridine rings is 2. The molecule has 0 bridgehead atoms. The van der Waals surface area contributed by atoms with Crippen LogP contribution >= 0.6 is 0 Å². The first-order valence-electron chi connectivity index (χ1n) is 11.3. The van der Waals surface area contributed by atoms with Gasteiger partial charge in [-0.15, -0.1) is 0 Å². The molecule has 1 atom stereocenters. The Morgan fingerprint density at radius 1 is 1.23 bits per heavy atom. The maximum Gasteiger partial charge on any atom is 0.405 e. The topological polar surface area (TPSA) is 109 Å². The molecule has 0 aliphatic carbocycles. The normalized spacial score (nSPS) is 13.9. The van der Waals surface area contributed by atoms with Gasteiger partial charge in [-0.05, 0) is 38.6 Å². The third-order valence-corrected chi connectivity index (χ3v) is 5.79. The number of carbonyl (C=O) groups is 1. The molecule has 0 aromatic carbocycles. The summed E-state index contributed by atoms with van der Waals surface area (Å²) >= 11 is 0. The minimum atomic E-state index is -4.54. The lowest BCUT2D eigenvalue weighted by molar-refractivity contribution is -0.143. The summed E-state index contributed by atoms with van der Waals surface area (Å²) in [6, 6.07) is 3.54. The van der Waals surface area contributed by atoms with Crippen LogP contribution in [-0.4, -0.2) is 65.7 Å². The second-order valence-corrected chi connectivity index (χ2v) is 9.06. The van der Waals surface area contributed by atoms with Crippen LogP contribution in [0.15, 0.2) is 36.9 Å². The van der Waals surface area contributed by atoms with E-state index in [0.29, 0.717) is 29.1 Å². The van der Waals surface area contributed by atoms with Gasteiger partial charge in [-0.25, -0.2) is 4.98 Å². The molecule has 190 valence electrons. The van der Waals surface area contributed by atoms with Gasteiger partial charge in [-0.1, -0.05) is 13.8 Å². The Balaban J connectivity index is 1.91. The summed E-state index contributed by atoms with van der Waals surface area (Å²) in [5.74, 6) is -0.805. The van der Waals surface area contributed by atoms with Crippen LogP contribution in [0.1, 0.15) is 25.8 Å². The van der Waals surface area contributed by atoms with E-state index >= 15 is 0 Å². The van der Waals surface area contributed by atoms with Gasteiger partial charge in [0.05, 0.1) is 12.8 Å². The van der Waals surface area contributed by atoms with Crippen molar-refractivity contribution >= 4 is 16.9 Å². The number of aromatic nitrogens is 3. The Labute approximate surface area is 202 Å². The molecule has 0 saturated carbocycles. The molecule has 3 aromatic rings. The summed E-state index contributed by atoms with van der Waals surface area (Å²) in [6.45, 7) is 3.33. The molecule has 35 heavy (non-hydrogen) atoms. The smallest absolute Gasteiger partial charge is 0.405 e. The van der Waals surface area contributed by atoms with Crippen molar-refractivity contribution in [3.05, 3.63) is 42.5 Å². The van der Waals surface area contributed by atoms with E-state index in [2.05, 4.69) is 19.9 Å². The lowest BCUT2D eigenvalue weighted by atomic mass is 9.80. The van der Waals surface area contributed by atoms with Crippen molar-refractivity contribution in [1.29, 1.82) is 0 Å². The molecule has 4 N–H and O–H groups in total. The maximum atomic E-state index is 12.8. The molecule has 3 heterocycles. The Hall–Kier alpha value is -3.18. The van der Waals surface area contributed by atoms with Gasteiger partial charge in [0.1, 0.15) is 23.5 Å². The first-order valence-corrected chi connectivity index (χ1v) is 11.3. The average Bonchev–Trinajstić information content (AvgIpc) is 3.22. The highest BCUT2D eigenvalue weighted by Crippen LogP contribution is 2.34. The third kappa shape index (κ3) is 6.29. The van der Waals surface area contributed by atoms with E-state index in [9.17, 15) is 18.0 Å². The largest absolute Gasteiger partial charge is 0.492 e. The summed E-state index contributed by atoms with van der Waals surface area (Å²) in [5.41, 5.74) is 7.05. The van der Waals surface area contributed by atoms with E-state index in [0.717, 1.165) is 23.9 Å². The maximum absolute atomic E-state index is 12.8. The highest BCUT2D eigenvalue weighted by Gasteiger charge is 2.41. The van der Waals surface area contributed by atoms with Crippen LogP contribution in [0.2, 0.25) is 0 Å². The number of hydrogen-bond donors (Lipinski definition) is 3. The van der Waals surface area contributed by atoms with Crippen molar-refractivity contribution in [2.45, 2.75) is 32.0 Å².